The predicted molar refractivity (Wildman–Crippen MR) is 163 cm³/mol. The third-order valence-electron chi connectivity index (χ3n) is 8.45. The predicted octanol–water partition coefficient (Wildman–Crippen LogP) is 8.28. The molecule has 0 amide bonds. The third kappa shape index (κ3) is 3.24. The van der Waals surface area contributed by atoms with Crippen LogP contribution in [-0.4, -0.2) is 31.3 Å². The molecule has 4 heterocycles. The summed E-state index contributed by atoms with van der Waals surface area (Å²) in [6.07, 6.45) is -0.479. The van der Waals surface area contributed by atoms with Crippen molar-refractivity contribution >= 4 is 56.2 Å². The Morgan fingerprint density at radius 2 is 1.44 bits per heavy atom. The van der Waals surface area contributed by atoms with Crippen LogP contribution in [0.5, 0.6) is 0 Å². The topological polar surface area (TPSA) is 39.0 Å². The number of fused-ring (bicyclic) bond motifs is 5. The molecule has 198 valence electrons. The largest absolute Gasteiger partial charge is 0.435 e. The average molecular weight is 522 g/mol. The van der Waals surface area contributed by atoms with Gasteiger partial charge in [0.25, 0.3) is 0 Å². The van der Waals surface area contributed by atoms with Gasteiger partial charge in [-0.3, -0.25) is 0 Å². The normalized spacial score (nSPS) is 20.8. The molecule has 7 rings (SSSR count). The highest BCUT2D eigenvalue weighted by Crippen LogP contribution is 2.52. The molecule has 0 saturated heterocycles. The number of hydrogen-bond acceptors (Lipinski definition) is 6. The van der Waals surface area contributed by atoms with Crippen molar-refractivity contribution in [2.75, 3.05) is 33.6 Å². The van der Waals surface area contributed by atoms with Gasteiger partial charge in [-0.25, -0.2) is 4.98 Å². The molecule has 0 bridgehead atoms. The fourth-order valence-corrected chi connectivity index (χ4v) is 6.24. The number of nitrogens with zero attached hydrogens (tertiary/aromatic N) is 5. The summed E-state index contributed by atoms with van der Waals surface area (Å²) < 4.78 is 40.4. The zero-order chi connectivity index (χ0) is 30.6. The second-order valence-electron chi connectivity index (χ2n) is 10.9. The molecular weight excluding hydrogens is 482 g/mol. The lowest BCUT2D eigenvalue weighted by atomic mass is 10.0. The highest BCUT2D eigenvalue weighted by atomic mass is 16.3. The van der Waals surface area contributed by atoms with Crippen LogP contribution in [0.4, 0.5) is 34.1 Å². The minimum absolute atomic E-state index is 0.0376. The molecule has 6 heteroatoms. The van der Waals surface area contributed by atoms with E-state index in [9.17, 15) is 0 Å². The highest BCUT2D eigenvalue weighted by molar-refractivity contribution is 6.12. The summed E-state index contributed by atoms with van der Waals surface area (Å²) in [7, 11) is 2.10. The first kappa shape index (κ1) is 19.8. The number of benzene rings is 3. The molecule has 2 atom stereocenters. The number of aromatic nitrogens is 1. The molecule has 0 fully saturated rings. The van der Waals surface area contributed by atoms with Crippen LogP contribution in [0.25, 0.3) is 22.1 Å². The molecule has 6 nitrogen and oxygen atoms in total. The van der Waals surface area contributed by atoms with E-state index >= 15 is 0 Å². The minimum Gasteiger partial charge on any atom is -0.435 e. The maximum atomic E-state index is 8.56. The van der Waals surface area contributed by atoms with Crippen molar-refractivity contribution < 1.29 is 9.90 Å². The van der Waals surface area contributed by atoms with Gasteiger partial charge >= 0.3 is 0 Å². The summed E-state index contributed by atoms with van der Waals surface area (Å²) in [5.41, 5.74) is 8.23. The highest BCUT2D eigenvalue weighted by Gasteiger charge is 2.38. The summed E-state index contributed by atoms with van der Waals surface area (Å²) in [5, 5.41) is 1.75. The fourth-order valence-electron chi connectivity index (χ4n) is 6.24. The van der Waals surface area contributed by atoms with Crippen LogP contribution in [0.2, 0.25) is 0 Å². The Morgan fingerprint density at radius 1 is 0.821 bits per heavy atom. The molecule has 3 aromatic carbocycles. The summed E-state index contributed by atoms with van der Waals surface area (Å²) in [6, 6.07) is 22.1. The quantitative estimate of drug-likeness (QED) is 0.238. The monoisotopic (exact) mass is 521 g/mol. The SMILES string of the molecule is [2H]C(C)(C)c1ccc2c(n1)oc1c(N3c4ccccc4N(C([2H])([2H])[2H])[C@@H]3C)c(C)c(N3c4ccccc4N(C)[C@H]3C)cc12. The first-order valence-electron chi connectivity index (χ1n) is 15.4. The number of hydrogen-bond donors (Lipinski definition) is 0. The average Bonchev–Trinajstić information content (AvgIpc) is 3.54. The number of rotatable bonds is 3. The van der Waals surface area contributed by atoms with E-state index in [4.69, 9.17) is 14.9 Å². The second-order valence-corrected chi connectivity index (χ2v) is 10.9. The first-order valence-corrected chi connectivity index (χ1v) is 13.4. The van der Waals surface area contributed by atoms with Crippen LogP contribution in [-0.2, 0) is 0 Å². The van der Waals surface area contributed by atoms with Crippen molar-refractivity contribution in [1.29, 1.82) is 0 Å². The molecule has 2 aliphatic heterocycles. The van der Waals surface area contributed by atoms with Crippen molar-refractivity contribution in [2.45, 2.75) is 52.8 Å². The Morgan fingerprint density at radius 3 is 2.10 bits per heavy atom. The van der Waals surface area contributed by atoms with Crippen molar-refractivity contribution in [3.63, 3.8) is 0 Å². The summed E-state index contributed by atoms with van der Waals surface area (Å²) >= 11 is 0. The van der Waals surface area contributed by atoms with Crippen LogP contribution in [0.15, 0.2) is 71.1 Å². The molecule has 2 aliphatic rings. The molecule has 0 spiro atoms. The Hall–Kier alpha value is -4.19. The van der Waals surface area contributed by atoms with Gasteiger partial charge in [0.2, 0.25) is 5.71 Å². The first-order chi connectivity index (χ1) is 20.3. The van der Waals surface area contributed by atoms with Gasteiger partial charge in [0, 0.05) is 47.2 Å². The van der Waals surface area contributed by atoms with E-state index in [2.05, 4.69) is 65.9 Å². The fraction of sp³-hybridized carbons (Fsp3) is 0.303. The van der Waals surface area contributed by atoms with E-state index < -0.39 is 19.0 Å². The zero-order valence-electron chi connectivity index (χ0n) is 27.1. The Kier molecular flexibility index (Phi) is 4.27. The molecule has 0 radical (unpaired) electrons. The molecule has 2 aromatic heterocycles. The molecular formula is C33H35N5O. The lowest BCUT2D eigenvalue weighted by Crippen LogP contribution is -2.37. The van der Waals surface area contributed by atoms with Crippen molar-refractivity contribution in [1.82, 2.24) is 4.98 Å². The third-order valence-corrected chi connectivity index (χ3v) is 8.45. The van der Waals surface area contributed by atoms with E-state index in [0.717, 1.165) is 44.8 Å². The van der Waals surface area contributed by atoms with Gasteiger partial charge in [0.1, 0.15) is 12.3 Å². The smallest absolute Gasteiger partial charge is 0.227 e. The van der Waals surface area contributed by atoms with Crippen LogP contribution in [0.1, 0.15) is 50.3 Å². The van der Waals surface area contributed by atoms with E-state index in [0.29, 0.717) is 22.7 Å². The summed E-state index contributed by atoms with van der Waals surface area (Å²) in [4.78, 5) is 13.0. The van der Waals surface area contributed by atoms with Gasteiger partial charge in [-0.05, 0) is 69.1 Å². The molecule has 39 heavy (non-hydrogen) atoms. The lowest BCUT2D eigenvalue weighted by molar-refractivity contribution is 0.642. The Bertz CT molecular complexity index is 1910. The number of furan rings is 1. The van der Waals surface area contributed by atoms with E-state index in [1.165, 1.54) is 4.90 Å². The molecule has 0 saturated carbocycles. The summed E-state index contributed by atoms with van der Waals surface area (Å²) in [5.74, 6) is -0.890. The van der Waals surface area contributed by atoms with E-state index in [1.807, 2.05) is 57.2 Å². The summed E-state index contributed by atoms with van der Waals surface area (Å²) in [6.45, 7) is 7.48. The molecule has 0 unspecified atom stereocenters. The van der Waals surface area contributed by atoms with Gasteiger partial charge in [0.15, 0.2) is 5.58 Å². The zero-order valence-corrected chi connectivity index (χ0v) is 23.1. The maximum Gasteiger partial charge on any atom is 0.227 e. The van der Waals surface area contributed by atoms with Gasteiger partial charge in [0.05, 0.1) is 28.4 Å². The van der Waals surface area contributed by atoms with Gasteiger partial charge in [-0.1, -0.05) is 38.1 Å². The number of pyridine rings is 1. The molecule has 0 N–H and O–H groups in total. The van der Waals surface area contributed by atoms with Crippen LogP contribution >= 0.6 is 0 Å². The van der Waals surface area contributed by atoms with Gasteiger partial charge < -0.3 is 24.0 Å². The Balaban J connectivity index is 1.56. The molecule has 5 aromatic rings. The van der Waals surface area contributed by atoms with Crippen LogP contribution < -0.4 is 19.6 Å². The Labute approximate surface area is 235 Å². The van der Waals surface area contributed by atoms with Gasteiger partial charge in [-0.15, -0.1) is 0 Å². The van der Waals surface area contributed by atoms with Crippen LogP contribution in [0.3, 0.4) is 0 Å². The maximum absolute atomic E-state index is 8.56. The number of anilines is 6. The van der Waals surface area contributed by atoms with Crippen molar-refractivity contribution in [2.24, 2.45) is 0 Å². The number of para-hydroxylation sites is 4. The van der Waals surface area contributed by atoms with Crippen LogP contribution in [0, 0.1) is 6.92 Å². The van der Waals surface area contributed by atoms with Crippen molar-refractivity contribution in [3.8, 4) is 0 Å². The molecule has 0 aliphatic carbocycles. The van der Waals surface area contributed by atoms with Crippen molar-refractivity contribution in [3.05, 3.63) is 78.0 Å². The minimum atomic E-state index is -2.34. The van der Waals surface area contributed by atoms with E-state index in [-0.39, 0.29) is 6.17 Å². The second kappa shape index (κ2) is 8.40. The standard InChI is InChI=1S/C33H35N5O/c1-19(2)25-17-16-23-24-18-30(37-21(4)35(6)26-12-8-10-14-28(26)37)20(3)31(32(24)39-33(23)34-25)38-22(5)36(7)27-13-9-11-15-29(27)38/h8-19,21-22H,1-7H3/t21-,22+/m1/s1/i7D3,19D. The van der Waals surface area contributed by atoms with Gasteiger partial charge in [-0.2, -0.15) is 0 Å². The van der Waals surface area contributed by atoms with E-state index in [1.54, 1.807) is 0 Å². The lowest BCUT2D eigenvalue weighted by Gasteiger charge is -2.33.